The predicted octanol–water partition coefficient (Wildman–Crippen LogP) is 2.76. The zero-order valence-corrected chi connectivity index (χ0v) is 15.2. The van der Waals surface area contributed by atoms with Gasteiger partial charge in [0.1, 0.15) is 0 Å². The van der Waals surface area contributed by atoms with Gasteiger partial charge in [0.15, 0.2) is 0 Å². The molecule has 2 fully saturated rings. The van der Waals surface area contributed by atoms with Crippen LogP contribution in [-0.4, -0.2) is 55.1 Å². The molecule has 24 heavy (non-hydrogen) atoms. The topological polar surface area (TPSA) is 69.7 Å². The molecule has 0 aliphatic carbocycles. The maximum Gasteiger partial charge on any atom is 0.321 e. The van der Waals surface area contributed by atoms with Gasteiger partial charge in [0, 0.05) is 30.3 Å². The van der Waals surface area contributed by atoms with E-state index in [0.29, 0.717) is 30.3 Å². The normalized spacial score (nSPS) is 25.2. The van der Waals surface area contributed by atoms with E-state index in [1.54, 1.807) is 33.5 Å². The fourth-order valence-electron chi connectivity index (χ4n) is 3.86. The summed E-state index contributed by atoms with van der Waals surface area (Å²) < 4.78 is 25.8. The lowest BCUT2D eigenvalue weighted by Crippen LogP contribution is -2.58. The van der Waals surface area contributed by atoms with Gasteiger partial charge < -0.3 is 10.2 Å². The molecule has 2 aliphatic heterocycles. The van der Waals surface area contributed by atoms with Gasteiger partial charge in [0.2, 0.25) is 10.0 Å². The Kier molecular flexibility index (Phi) is 4.77. The molecule has 0 bridgehead atoms. The number of rotatable bonds is 2. The number of halogens is 1. The Balaban J connectivity index is 1.73. The van der Waals surface area contributed by atoms with Crippen LogP contribution in [0.25, 0.3) is 0 Å². The first-order chi connectivity index (χ1) is 11.3. The molecule has 1 N–H and O–H groups in total. The summed E-state index contributed by atoms with van der Waals surface area (Å²) >= 11 is 5.85. The maximum absolute atomic E-state index is 12.6. The highest BCUT2D eigenvalue weighted by Crippen LogP contribution is 2.38. The SMILES string of the molecule is CS(=O)(=O)N1CCCC12CCCN(C(=O)Nc1ccc(Cl)cc1)C2. The molecular weight excluding hydrogens is 350 g/mol. The lowest BCUT2D eigenvalue weighted by atomic mass is 9.88. The molecule has 8 heteroatoms. The molecular formula is C16H22ClN3O3S. The minimum atomic E-state index is -3.26. The summed E-state index contributed by atoms with van der Waals surface area (Å²) in [6.45, 7) is 1.63. The maximum atomic E-state index is 12.6. The van der Waals surface area contributed by atoms with E-state index in [9.17, 15) is 13.2 Å². The van der Waals surface area contributed by atoms with Crippen molar-refractivity contribution in [3.63, 3.8) is 0 Å². The van der Waals surface area contributed by atoms with E-state index >= 15 is 0 Å². The largest absolute Gasteiger partial charge is 0.323 e. The van der Waals surface area contributed by atoms with E-state index in [-0.39, 0.29) is 6.03 Å². The highest BCUT2D eigenvalue weighted by Gasteiger charge is 2.48. The van der Waals surface area contributed by atoms with Crippen molar-refractivity contribution in [1.82, 2.24) is 9.21 Å². The third-order valence-electron chi connectivity index (χ3n) is 4.87. The number of hydrogen-bond donors (Lipinski definition) is 1. The van der Waals surface area contributed by atoms with Crippen LogP contribution in [0.2, 0.25) is 5.02 Å². The number of nitrogens with one attached hydrogen (secondary N) is 1. The van der Waals surface area contributed by atoms with Gasteiger partial charge in [-0.15, -0.1) is 0 Å². The van der Waals surface area contributed by atoms with Crippen molar-refractivity contribution < 1.29 is 13.2 Å². The average molecular weight is 372 g/mol. The summed E-state index contributed by atoms with van der Waals surface area (Å²) in [5.74, 6) is 0. The fraction of sp³-hybridized carbons (Fsp3) is 0.562. The van der Waals surface area contributed by atoms with Crippen LogP contribution in [0.15, 0.2) is 24.3 Å². The number of carbonyl (C=O) groups excluding carboxylic acids is 1. The van der Waals surface area contributed by atoms with Gasteiger partial charge in [0.25, 0.3) is 0 Å². The second-order valence-electron chi connectivity index (χ2n) is 6.63. The zero-order chi connectivity index (χ0) is 17.4. The monoisotopic (exact) mass is 371 g/mol. The van der Waals surface area contributed by atoms with Crippen LogP contribution in [0.3, 0.4) is 0 Å². The lowest BCUT2D eigenvalue weighted by molar-refractivity contribution is 0.109. The summed E-state index contributed by atoms with van der Waals surface area (Å²) in [6.07, 6.45) is 4.53. The van der Waals surface area contributed by atoms with Gasteiger partial charge in [-0.2, -0.15) is 4.31 Å². The average Bonchev–Trinajstić information content (AvgIpc) is 2.92. The third-order valence-corrected chi connectivity index (χ3v) is 6.49. The van der Waals surface area contributed by atoms with E-state index in [1.165, 1.54) is 6.26 Å². The molecule has 2 aliphatic rings. The van der Waals surface area contributed by atoms with Gasteiger partial charge in [-0.3, -0.25) is 0 Å². The number of amides is 2. The second kappa shape index (κ2) is 6.54. The summed E-state index contributed by atoms with van der Waals surface area (Å²) in [4.78, 5) is 14.3. The van der Waals surface area contributed by atoms with Crippen molar-refractivity contribution >= 4 is 33.3 Å². The van der Waals surface area contributed by atoms with Crippen LogP contribution in [0.1, 0.15) is 25.7 Å². The molecule has 2 amide bonds. The highest BCUT2D eigenvalue weighted by atomic mass is 35.5. The van der Waals surface area contributed by atoms with Crippen LogP contribution in [0.5, 0.6) is 0 Å². The summed E-state index contributed by atoms with van der Waals surface area (Å²) in [7, 11) is -3.26. The zero-order valence-electron chi connectivity index (χ0n) is 13.7. The molecule has 1 atom stereocenters. The smallest absolute Gasteiger partial charge is 0.321 e. The van der Waals surface area contributed by atoms with E-state index < -0.39 is 15.6 Å². The van der Waals surface area contributed by atoms with Crippen LogP contribution in [0.4, 0.5) is 10.5 Å². The number of hydrogen-bond acceptors (Lipinski definition) is 3. The first-order valence-corrected chi connectivity index (χ1v) is 10.3. The number of benzene rings is 1. The second-order valence-corrected chi connectivity index (χ2v) is 8.97. The lowest BCUT2D eigenvalue weighted by Gasteiger charge is -2.44. The van der Waals surface area contributed by atoms with Crippen LogP contribution < -0.4 is 5.32 Å². The number of urea groups is 1. The van der Waals surface area contributed by atoms with Gasteiger partial charge in [-0.25, -0.2) is 13.2 Å². The number of sulfonamides is 1. The van der Waals surface area contributed by atoms with Gasteiger partial charge in [0.05, 0.1) is 11.8 Å². The molecule has 3 rings (SSSR count). The number of piperidine rings is 1. The Bertz CT molecular complexity index is 723. The number of nitrogens with zero attached hydrogens (tertiary/aromatic N) is 2. The summed E-state index contributed by atoms with van der Waals surface area (Å²) in [6, 6.07) is 6.74. The summed E-state index contributed by atoms with van der Waals surface area (Å²) in [5.41, 5.74) is 0.235. The standard InChI is InChI=1S/C16H22ClN3O3S/c1-24(22,23)20-11-3-9-16(20)8-2-10-19(12-16)15(21)18-14-6-4-13(17)5-7-14/h4-7H,2-3,8-12H2,1H3,(H,18,21). The fourth-order valence-corrected chi connectivity index (χ4v) is 5.39. The van der Waals surface area contributed by atoms with E-state index in [0.717, 1.165) is 25.7 Å². The van der Waals surface area contributed by atoms with Crippen molar-refractivity contribution in [3.05, 3.63) is 29.3 Å². The molecule has 132 valence electrons. The molecule has 0 radical (unpaired) electrons. The molecule has 1 spiro atoms. The molecule has 2 heterocycles. The van der Waals surface area contributed by atoms with Gasteiger partial charge >= 0.3 is 6.03 Å². The van der Waals surface area contributed by atoms with Crippen molar-refractivity contribution in [2.45, 2.75) is 31.2 Å². The van der Waals surface area contributed by atoms with Crippen molar-refractivity contribution in [2.24, 2.45) is 0 Å². The molecule has 1 aromatic rings. The number of carbonyl (C=O) groups is 1. The minimum absolute atomic E-state index is 0.197. The Morgan fingerprint density at radius 1 is 1.17 bits per heavy atom. The third kappa shape index (κ3) is 3.53. The van der Waals surface area contributed by atoms with E-state index in [1.807, 2.05) is 0 Å². The van der Waals surface area contributed by atoms with Crippen molar-refractivity contribution in [3.8, 4) is 0 Å². The highest BCUT2D eigenvalue weighted by molar-refractivity contribution is 7.88. The van der Waals surface area contributed by atoms with Gasteiger partial charge in [-0.1, -0.05) is 11.6 Å². The molecule has 1 unspecified atom stereocenters. The Morgan fingerprint density at radius 3 is 2.42 bits per heavy atom. The van der Waals surface area contributed by atoms with Crippen LogP contribution in [-0.2, 0) is 10.0 Å². The van der Waals surface area contributed by atoms with Crippen LogP contribution in [0, 0.1) is 0 Å². The summed E-state index contributed by atoms with van der Waals surface area (Å²) in [5, 5.41) is 3.47. The molecule has 1 aromatic carbocycles. The van der Waals surface area contributed by atoms with Crippen molar-refractivity contribution in [2.75, 3.05) is 31.2 Å². The Hall–Kier alpha value is -1.31. The molecule has 0 saturated carbocycles. The first-order valence-electron chi connectivity index (χ1n) is 8.10. The van der Waals surface area contributed by atoms with Crippen LogP contribution >= 0.6 is 11.6 Å². The van der Waals surface area contributed by atoms with Crippen molar-refractivity contribution in [1.29, 1.82) is 0 Å². The molecule has 6 nitrogen and oxygen atoms in total. The Morgan fingerprint density at radius 2 is 1.79 bits per heavy atom. The van der Waals surface area contributed by atoms with E-state index in [2.05, 4.69) is 5.32 Å². The molecule has 0 aromatic heterocycles. The first kappa shape index (κ1) is 17.5. The van der Waals surface area contributed by atoms with E-state index in [4.69, 9.17) is 11.6 Å². The minimum Gasteiger partial charge on any atom is -0.323 e. The molecule has 2 saturated heterocycles. The van der Waals surface area contributed by atoms with Gasteiger partial charge in [-0.05, 0) is 49.9 Å². The quantitative estimate of drug-likeness (QED) is 0.869. The predicted molar refractivity (Wildman–Crippen MR) is 94.8 cm³/mol. The Labute approximate surface area is 147 Å². The number of likely N-dealkylation sites (tertiary alicyclic amines) is 1. The number of anilines is 1.